The van der Waals surface area contributed by atoms with Crippen LogP contribution in [0.2, 0.25) is 0 Å². The average molecular weight is 624 g/mol. The van der Waals surface area contributed by atoms with Crippen molar-refractivity contribution in [2.45, 2.75) is 37.4 Å². The quantitative estimate of drug-likeness (QED) is 0.348. The molecular weight excluding hydrogens is 596 g/mol. The number of imide groups is 1. The third-order valence-corrected chi connectivity index (χ3v) is 8.81. The van der Waals surface area contributed by atoms with E-state index in [1.807, 2.05) is 48.5 Å². The normalized spacial score (nSPS) is 25.7. The number of rotatable bonds is 5. The van der Waals surface area contributed by atoms with Crippen LogP contribution >= 0.6 is 15.9 Å². The zero-order valence-corrected chi connectivity index (χ0v) is 24.2. The molecule has 0 unspecified atom stereocenters. The molecule has 0 N–H and O–H groups in total. The lowest BCUT2D eigenvalue weighted by atomic mass is 9.77. The molecule has 1 aliphatic carbocycles. The number of amides is 3. The lowest BCUT2D eigenvalue weighted by molar-refractivity contribution is -0.136. The van der Waals surface area contributed by atoms with Crippen LogP contribution in [0.1, 0.15) is 36.4 Å². The van der Waals surface area contributed by atoms with Gasteiger partial charge < -0.3 is 0 Å². The van der Waals surface area contributed by atoms with Gasteiger partial charge in [0, 0.05) is 10.4 Å². The number of anilines is 1. The molecule has 0 aromatic heterocycles. The lowest BCUT2D eigenvalue weighted by Crippen LogP contribution is -2.45. The number of hydrazone groups is 1. The van der Waals surface area contributed by atoms with Crippen LogP contribution < -0.4 is 4.90 Å². The zero-order valence-electron chi connectivity index (χ0n) is 22.6. The van der Waals surface area contributed by atoms with Gasteiger partial charge in [0.25, 0.3) is 17.7 Å². The van der Waals surface area contributed by atoms with E-state index in [1.54, 1.807) is 29.3 Å². The number of fused-ring (bicyclic) bond motifs is 2. The van der Waals surface area contributed by atoms with Gasteiger partial charge in [0.05, 0.1) is 17.4 Å². The fourth-order valence-electron chi connectivity index (χ4n) is 6.35. The Morgan fingerprint density at radius 3 is 2.36 bits per heavy atom. The molecule has 0 radical (unpaired) electrons. The predicted molar refractivity (Wildman–Crippen MR) is 161 cm³/mol. The van der Waals surface area contributed by atoms with Crippen molar-refractivity contribution < 1.29 is 14.4 Å². The second-order valence-corrected chi connectivity index (χ2v) is 11.8. The van der Waals surface area contributed by atoms with Crippen LogP contribution in [0.4, 0.5) is 5.69 Å². The van der Waals surface area contributed by atoms with Gasteiger partial charge in [0.15, 0.2) is 12.1 Å². The molecule has 3 aromatic rings. The molecule has 42 heavy (non-hydrogen) atoms. The van der Waals surface area contributed by atoms with Gasteiger partial charge in [-0.15, -0.1) is 0 Å². The summed E-state index contributed by atoms with van der Waals surface area (Å²) >= 11 is 3.38. The van der Waals surface area contributed by atoms with Crippen molar-refractivity contribution in [3.63, 3.8) is 0 Å². The molecule has 9 nitrogen and oxygen atoms in total. The zero-order chi connectivity index (χ0) is 28.8. The van der Waals surface area contributed by atoms with Crippen molar-refractivity contribution >= 4 is 51.1 Å². The summed E-state index contributed by atoms with van der Waals surface area (Å²) in [5.74, 6) is -1.14. The summed E-state index contributed by atoms with van der Waals surface area (Å²) < 4.78 is 0.833. The highest BCUT2D eigenvalue weighted by molar-refractivity contribution is 9.10. The number of halogens is 1. The van der Waals surface area contributed by atoms with Gasteiger partial charge in [-0.25, -0.2) is 9.91 Å². The molecule has 3 amide bonds. The molecule has 1 saturated carbocycles. The minimum absolute atomic E-state index is 0.0515. The fraction of sp³-hybridized carbons (Fsp3) is 0.250. The Hall–Kier alpha value is -4.44. The van der Waals surface area contributed by atoms with E-state index in [-0.39, 0.29) is 24.4 Å². The maximum absolute atomic E-state index is 14.0. The molecular formula is C32H27BrN6O3. The minimum atomic E-state index is -0.980. The molecule has 4 atom stereocenters. The topological polar surface area (TPSA) is 98.0 Å². The number of carbonyl (C=O) groups excluding carboxylic acids is 3. The molecule has 0 spiro atoms. The van der Waals surface area contributed by atoms with Gasteiger partial charge in [-0.1, -0.05) is 81.8 Å². The van der Waals surface area contributed by atoms with E-state index >= 15 is 0 Å². The predicted octanol–water partition coefficient (Wildman–Crippen LogP) is 5.57. The number of carbonyl (C=O) groups is 3. The van der Waals surface area contributed by atoms with Crippen LogP contribution in [0.3, 0.4) is 0 Å². The summed E-state index contributed by atoms with van der Waals surface area (Å²) in [4.78, 5) is 41.8. The molecule has 2 fully saturated rings. The number of hydrogen-bond acceptors (Lipinski definition) is 7. The van der Waals surface area contributed by atoms with Crippen LogP contribution in [-0.2, 0) is 14.4 Å². The first-order valence-electron chi connectivity index (χ1n) is 14.0. The molecule has 10 heteroatoms. The summed E-state index contributed by atoms with van der Waals surface area (Å²) in [6.45, 7) is -0.220. The molecule has 3 aliphatic heterocycles. The average Bonchev–Trinajstić information content (AvgIpc) is 3.68. The maximum Gasteiger partial charge on any atom is 0.264 e. The monoisotopic (exact) mass is 622 g/mol. The van der Waals surface area contributed by atoms with Crippen LogP contribution in [0.5, 0.6) is 0 Å². The van der Waals surface area contributed by atoms with E-state index in [9.17, 15) is 14.4 Å². The van der Waals surface area contributed by atoms with Gasteiger partial charge in [-0.3, -0.25) is 19.4 Å². The van der Waals surface area contributed by atoms with E-state index in [0.29, 0.717) is 5.69 Å². The summed E-state index contributed by atoms with van der Waals surface area (Å²) in [5, 5.41) is 16.1. The molecule has 1 saturated heterocycles. The molecule has 4 aliphatic rings. The van der Waals surface area contributed by atoms with Crippen molar-refractivity contribution in [2.75, 3.05) is 11.4 Å². The highest BCUT2D eigenvalue weighted by atomic mass is 79.9. The van der Waals surface area contributed by atoms with Gasteiger partial charge in [0.2, 0.25) is 0 Å². The smallest absolute Gasteiger partial charge is 0.264 e. The second kappa shape index (κ2) is 10.8. The number of nitrogens with zero attached hydrogens (tertiary/aromatic N) is 6. The Morgan fingerprint density at radius 2 is 1.62 bits per heavy atom. The third kappa shape index (κ3) is 4.56. The SMILES string of the molecule is O=C1[C@@H]2[C@@H](N=NN2CC(=O)N2N=C3/C(=C/c4ccccc4)CCC[C@@H]3[C@@H]2c2ccccc2)C(=O)N1c1ccc(Br)cc1. The fourth-order valence-corrected chi connectivity index (χ4v) is 6.61. The standard InChI is InChI=1S/C32H27BrN6O3/c33-23-14-16-24(17-15-23)38-31(41)28-30(32(38)42)37(36-34-28)19-26(40)39-29(21-10-5-2-6-11-21)25-13-7-12-22(27(25)35-39)18-20-8-3-1-4-9-20/h1-6,8-11,14-18,25,28-30H,7,12-13,19H2/b22-18+/t25-,28+,29-,30-/m0/s1. The highest BCUT2D eigenvalue weighted by Gasteiger charge is 2.55. The lowest BCUT2D eigenvalue weighted by Gasteiger charge is -2.30. The summed E-state index contributed by atoms with van der Waals surface area (Å²) in [6.07, 6.45) is 4.97. The Labute approximate surface area is 251 Å². The second-order valence-electron chi connectivity index (χ2n) is 10.8. The van der Waals surface area contributed by atoms with Crippen molar-refractivity contribution in [2.24, 2.45) is 21.4 Å². The summed E-state index contributed by atoms with van der Waals surface area (Å²) in [7, 11) is 0. The van der Waals surface area contributed by atoms with Crippen LogP contribution in [0, 0.1) is 5.92 Å². The molecule has 3 aromatic carbocycles. The van der Waals surface area contributed by atoms with Gasteiger partial charge in [-0.2, -0.15) is 10.2 Å². The molecule has 3 heterocycles. The van der Waals surface area contributed by atoms with Crippen LogP contribution in [-0.4, -0.2) is 52.1 Å². The van der Waals surface area contributed by atoms with Crippen LogP contribution in [0.15, 0.2) is 110 Å². The Bertz CT molecular complexity index is 1640. The van der Waals surface area contributed by atoms with Crippen molar-refractivity contribution in [1.29, 1.82) is 0 Å². The Morgan fingerprint density at radius 1 is 0.905 bits per heavy atom. The van der Waals surface area contributed by atoms with Gasteiger partial charge in [0.1, 0.15) is 6.54 Å². The van der Waals surface area contributed by atoms with Crippen molar-refractivity contribution in [3.05, 3.63) is 106 Å². The first kappa shape index (κ1) is 26.5. The molecule has 210 valence electrons. The first-order valence-corrected chi connectivity index (χ1v) is 14.8. The maximum atomic E-state index is 14.0. The number of allylic oxidation sites excluding steroid dienone is 1. The van der Waals surface area contributed by atoms with Gasteiger partial charge >= 0.3 is 0 Å². The molecule has 0 bridgehead atoms. The third-order valence-electron chi connectivity index (χ3n) is 8.28. The van der Waals surface area contributed by atoms with Crippen molar-refractivity contribution in [1.82, 2.24) is 10.0 Å². The van der Waals surface area contributed by atoms with E-state index in [0.717, 1.165) is 51.0 Å². The summed E-state index contributed by atoms with van der Waals surface area (Å²) in [5.41, 5.74) is 4.63. The van der Waals surface area contributed by atoms with Gasteiger partial charge in [-0.05, 0) is 66.3 Å². The highest BCUT2D eigenvalue weighted by Crippen LogP contribution is 2.44. The van der Waals surface area contributed by atoms with E-state index in [2.05, 4.69) is 44.5 Å². The van der Waals surface area contributed by atoms with E-state index in [4.69, 9.17) is 5.10 Å². The Kier molecular flexibility index (Phi) is 6.78. The Balaban J connectivity index is 1.18. The first-order chi connectivity index (χ1) is 20.5. The van der Waals surface area contributed by atoms with Crippen LogP contribution in [0.25, 0.3) is 6.08 Å². The largest absolute Gasteiger partial charge is 0.271 e. The summed E-state index contributed by atoms with van der Waals surface area (Å²) in [6, 6.07) is 24.8. The van der Waals surface area contributed by atoms with Crippen molar-refractivity contribution in [3.8, 4) is 0 Å². The minimum Gasteiger partial charge on any atom is -0.271 e. The number of hydrogen-bond donors (Lipinski definition) is 0. The van der Waals surface area contributed by atoms with E-state index in [1.165, 1.54) is 5.01 Å². The van der Waals surface area contributed by atoms with E-state index < -0.39 is 23.9 Å². The number of benzene rings is 3. The molecule has 7 rings (SSSR count).